The van der Waals surface area contributed by atoms with Gasteiger partial charge < -0.3 is 15.1 Å². The minimum atomic E-state index is -1.67. The molecule has 2 aromatic carbocycles. The Labute approximate surface area is 193 Å². The van der Waals surface area contributed by atoms with E-state index >= 15 is 0 Å². The number of nitrogens with zero attached hydrogens (tertiary/aromatic N) is 4. The summed E-state index contributed by atoms with van der Waals surface area (Å²) in [5.74, 6) is 0.992. The number of benzene rings is 2. The highest BCUT2D eigenvalue weighted by molar-refractivity contribution is 5.76. The van der Waals surface area contributed by atoms with Crippen LogP contribution in [0.5, 0.6) is 0 Å². The van der Waals surface area contributed by atoms with Crippen molar-refractivity contribution < 1.29 is 15.0 Å². The molecular weight excluding hydrogens is 416 g/mol. The summed E-state index contributed by atoms with van der Waals surface area (Å²) in [5.41, 5.74) is 3.88. The summed E-state index contributed by atoms with van der Waals surface area (Å²) in [7, 11) is 2.20. The molecule has 1 saturated carbocycles. The summed E-state index contributed by atoms with van der Waals surface area (Å²) in [6, 6.07) is 21.0. The SMILES string of the molecule is CN(Cc1cccc(-c2ccccc2)c1)C1C[C@@H]2CN(C(=O)n3ccc(C(O)O)n3)C[C@@H]2C1. The molecule has 1 saturated heterocycles. The highest BCUT2D eigenvalue weighted by atomic mass is 16.5. The van der Waals surface area contributed by atoms with Gasteiger partial charge in [0.1, 0.15) is 5.69 Å². The number of aliphatic hydroxyl groups excluding tert-OH is 1. The largest absolute Gasteiger partial charge is 0.363 e. The monoisotopic (exact) mass is 446 g/mol. The number of carbonyl (C=O) groups is 1. The van der Waals surface area contributed by atoms with E-state index in [1.165, 1.54) is 33.6 Å². The number of rotatable bonds is 5. The molecule has 3 atom stereocenters. The van der Waals surface area contributed by atoms with Crippen LogP contribution in [0.15, 0.2) is 66.9 Å². The smallest absolute Gasteiger partial charge is 0.344 e. The Balaban J connectivity index is 1.18. The van der Waals surface area contributed by atoms with Crippen molar-refractivity contribution in [1.82, 2.24) is 19.6 Å². The molecule has 2 fully saturated rings. The number of amides is 1. The lowest BCUT2D eigenvalue weighted by Gasteiger charge is -2.26. The van der Waals surface area contributed by atoms with Crippen LogP contribution in [-0.4, -0.2) is 62.0 Å². The lowest BCUT2D eigenvalue weighted by atomic mass is 10.0. The molecule has 5 rings (SSSR count). The van der Waals surface area contributed by atoms with Gasteiger partial charge in [0.05, 0.1) is 0 Å². The molecular formula is C26H30N4O3. The summed E-state index contributed by atoms with van der Waals surface area (Å²) in [6.07, 6.45) is 2.00. The maximum atomic E-state index is 12.8. The molecule has 7 heteroatoms. The molecule has 7 nitrogen and oxygen atoms in total. The first-order valence-electron chi connectivity index (χ1n) is 11.5. The number of likely N-dealkylation sites (tertiary alicyclic amines) is 1. The molecule has 1 unspecified atom stereocenters. The van der Waals surface area contributed by atoms with Crippen LogP contribution in [0, 0.1) is 11.8 Å². The fourth-order valence-electron chi connectivity index (χ4n) is 5.41. The van der Waals surface area contributed by atoms with Gasteiger partial charge in [-0.15, -0.1) is 0 Å². The summed E-state index contributed by atoms with van der Waals surface area (Å²) >= 11 is 0. The predicted molar refractivity (Wildman–Crippen MR) is 125 cm³/mol. The third kappa shape index (κ3) is 4.57. The van der Waals surface area contributed by atoms with E-state index in [-0.39, 0.29) is 11.7 Å². The first-order valence-corrected chi connectivity index (χ1v) is 11.5. The van der Waals surface area contributed by atoms with Crippen LogP contribution >= 0.6 is 0 Å². The molecule has 2 aliphatic rings. The Bertz CT molecular complexity index is 1100. The zero-order valence-electron chi connectivity index (χ0n) is 18.8. The zero-order valence-corrected chi connectivity index (χ0v) is 18.8. The molecule has 1 amide bonds. The van der Waals surface area contributed by atoms with Crippen molar-refractivity contribution in [3.05, 3.63) is 78.1 Å². The quantitative estimate of drug-likeness (QED) is 0.588. The standard InChI is InChI=1S/C26H30N4O3/c1-28(15-18-6-5-9-20(12-18)19-7-3-2-4-8-19)23-13-21-16-29(17-22(21)14-23)26(33)30-11-10-24(27-30)25(31)32/h2-12,21-23,25,31-32H,13-17H2,1H3/t21-,22+,23?. The van der Waals surface area contributed by atoms with E-state index in [9.17, 15) is 15.0 Å². The van der Waals surface area contributed by atoms with Gasteiger partial charge >= 0.3 is 6.03 Å². The predicted octanol–water partition coefficient (Wildman–Crippen LogP) is 3.34. The van der Waals surface area contributed by atoms with Crippen LogP contribution in [0.1, 0.15) is 30.4 Å². The maximum Gasteiger partial charge on any atom is 0.344 e. The highest BCUT2D eigenvalue weighted by Gasteiger charge is 2.43. The summed E-state index contributed by atoms with van der Waals surface area (Å²) in [6.45, 7) is 2.37. The molecule has 2 N–H and O–H groups in total. The number of carbonyl (C=O) groups excluding carboxylic acids is 1. The van der Waals surface area contributed by atoms with Crippen molar-refractivity contribution in [2.45, 2.75) is 31.7 Å². The second kappa shape index (κ2) is 9.09. The number of aromatic nitrogens is 2. The van der Waals surface area contributed by atoms with Gasteiger partial charge in [0.15, 0.2) is 6.29 Å². The Kier molecular flexibility index (Phi) is 6.01. The van der Waals surface area contributed by atoms with Crippen molar-refractivity contribution in [3.8, 4) is 11.1 Å². The minimum absolute atomic E-state index is 0.0840. The van der Waals surface area contributed by atoms with E-state index in [0.29, 0.717) is 17.9 Å². The Morgan fingerprint density at radius 1 is 1.03 bits per heavy atom. The molecule has 1 aliphatic heterocycles. The normalized spacial score (nSPS) is 22.3. The number of hydrogen-bond acceptors (Lipinski definition) is 5. The van der Waals surface area contributed by atoms with Gasteiger partial charge in [-0.2, -0.15) is 9.78 Å². The third-order valence-electron chi connectivity index (χ3n) is 7.16. The Morgan fingerprint density at radius 3 is 2.39 bits per heavy atom. The first-order chi connectivity index (χ1) is 16.0. The van der Waals surface area contributed by atoms with Gasteiger partial charge in [-0.25, -0.2) is 4.79 Å². The maximum absolute atomic E-state index is 12.8. The summed E-state index contributed by atoms with van der Waals surface area (Å²) in [4.78, 5) is 17.1. The van der Waals surface area contributed by atoms with Crippen LogP contribution in [0.4, 0.5) is 4.79 Å². The first kappa shape index (κ1) is 21.8. The average molecular weight is 447 g/mol. The fraction of sp³-hybridized carbons (Fsp3) is 0.385. The van der Waals surface area contributed by atoms with Gasteiger partial charge in [0.2, 0.25) is 0 Å². The van der Waals surface area contributed by atoms with Crippen LogP contribution in [0.3, 0.4) is 0 Å². The van der Waals surface area contributed by atoms with Crippen molar-refractivity contribution >= 4 is 6.03 Å². The second-order valence-corrected chi connectivity index (χ2v) is 9.37. The second-order valence-electron chi connectivity index (χ2n) is 9.37. The lowest BCUT2D eigenvalue weighted by Crippen LogP contribution is -2.36. The topological polar surface area (TPSA) is 81.8 Å². The van der Waals surface area contributed by atoms with Gasteiger partial charge in [0, 0.05) is 31.9 Å². The molecule has 1 aromatic heterocycles. The molecule has 0 bridgehead atoms. The summed E-state index contributed by atoms with van der Waals surface area (Å²) < 4.78 is 1.21. The average Bonchev–Trinajstić information content (AvgIpc) is 3.54. The number of fused-ring (bicyclic) bond motifs is 1. The van der Waals surface area contributed by atoms with Crippen molar-refractivity contribution in [3.63, 3.8) is 0 Å². The van der Waals surface area contributed by atoms with E-state index in [1.54, 1.807) is 0 Å². The Morgan fingerprint density at radius 2 is 1.73 bits per heavy atom. The summed E-state index contributed by atoms with van der Waals surface area (Å²) in [5, 5.41) is 22.4. The molecule has 1 aliphatic carbocycles. The van der Waals surface area contributed by atoms with Crippen molar-refractivity contribution in [2.24, 2.45) is 11.8 Å². The molecule has 172 valence electrons. The molecule has 3 aromatic rings. The third-order valence-corrected chi connectivity index (χ3v) is 7.16. The van der Waals surface area contributed by atoms with E-state index in [1.807, 2.05) is 11.0 Å². The van der Waals surface area contributed by atoms with E-state index in [2.05, 4.69) is 65.6 Å². The number of aliphatic hydroxyl groups is 2. The van der Waals surface area contributed by atoms with E-state index in [4.69, 9.17) is 0 Å². The van der Waals surface area contributed by atoms with Crippen molar-refractivity contribution in [1.29, 1.82) is 0 Å². The number of hydrogen-bond donors (Lipinski definition) is 2. The van der Waals surface area contributed by atoms with Gasteiger partial charge in [-0.1, -0.05) is 48.5 Å². The fourth-order valence-corrected chi connectivity index (χ4v) is 5.41. The van der Waals surface area contributed by atoms with Crippen LogP contribution in [0.2, 0.25) is 0 Å². The van der Waals surface area contributed by atoms with Gasteiger partial charge in [0.25, 0.3) is 0 Å². The molecule has 0 radical (unpaired) electrons. The van der Waals surface area contributed by atoms with Crippen LogP contribution < -0.4 is 0 Å². The molecule has 0 spiro atoms. The van der Waals surface area contributed by atoms with Gasteiger partial charge in [-0.3, -0.25) is 4.90 Å². The van der Waals surface area contributed by atoms with E-state index in [0.717, 1.165) is 32.5 Å². The van der Waals surface area contributed by atoms with Crippen molar-refractivity contribution in [2.75, 3.05) is 20.1 Å². The molecule has 2 heterocycles. The minimum Gasteiger partial charge on any atom is -0.363 e. The zero-order chi connectivity index (χ0) is 22.9. The Hall–Kier alpha value is -3.00. The van der Waals surface area contributed by atoms with Crippen LogP contribution in [-0.2, 0) is 6.54 Å². The highest BCUT2D eigenvalue weighted by Crippen LogP contribution is 2.40. The van der Waals surface area contributed by atoms with E-state index < -0.39 is 6.29 Å². The molecule has 33 heavy (non-hydrogen) atoms. The lowest BCUT2D eigenvalue weighted by molar-refractivity contribution is -0.0460. The van der Waals surface area contributed by atoms with Crippen LogP contribution in [0.25, 0.3) is 11.1 Å². The van der Waals surface area contributed by atoms with Gasteiger partial charge in [-0.05, 0) is 60.5 Å².